The molecule has 1 heterocycles. The van der Waals surface area contributed by atoms with Crippen molar-refractivity contribution in [1.82, 2.24) is 5.32 Å². The second-order valence-corrected chi connectivity index (χ2v) is 6.19. The van der Waals surface area contributed by atoms with Crippen molar-refractivity contribution in [2.24, 2.45) is 0 Å². The molecule has 2 atom stereocenters. The highest BCUT2D eigenvalue weighted by atomic mass is 32.2. The average molecular weight is 249 g/mol. The van der Waals surface area contributed by atoms with E-state index in [-0.39, 0.29) is 10.9 Å². The van der Waals surface area contributed by atoms with E-state index in [1.54, 1.807) is 11.8 Å². The molecule has 17 heavy (non-hydrogen) atoms. The van der Waals surface area contributed by atoms with Gasteiger partial charge in [-0.15, -0.1) is 11.8 Å². The standard InChI is InChI=1S/C13H15NO2S/c15-12(16)11-8-17-13(14-11)6-5-9-3-1-2-4-10(9)7-13/h1-4,11,14H,5-8H2,(H,15,16)/t11-,13?/m0/s1. The van der Waals surface area contributed by atoms with Gasteiger partial charge in [0.25, 0.3) is 0 Å². The van der Waals surface area contributed by atoms with Gasteiger partial charge in [-0.25, -0.2) is 0 Å². The van der Waals surface area contributed by atoms with E-state index in [9.17, 15) is 4.79 Å². The highest BCUT2D eigenvalue weighted by Crippen LogP contribution is 2.41. The van der Waals surface area contributed by atoms with Crippen molar-refractivity contribution in [3.05, 3.63) is 35.4 Å². The number of carboxylic acid groups (broad SMARTS) is 1. The molecule has 0 aromatic heterocycles. The van der Waals surface area contributed by atoms with E-state index >= 15 is 0 Å². The predicted molar refractivity (Wildman–Crippen MR) is 68.2 cm³/mol. The number of benzene rings is 1. The Morgan fingerprint density at radius 3 is 2.88 bits per heavy atom. The molecule has 1 aromatic rings. The van der Waals surface area contributed by atoms with Crippen LogP contribution in [0.4, 0.5) is 0 Å². The smallest absolute Gasteiger partial charge is 0.321 e. The molecule has 0 saturated carbocycles. The van der Waals surface area contributed by atoms with Crippen LogP contribution in [-0.2, 0) is 17.6 Å². The maximum absolute atomic E-state index is 11.0. The van der Waals surface area contributed by atoms with Crippen LogP contribution in [0.15, 0.2) is 24.3 Å². The van der Waals surface area contributed by atoms with Gasteiger partial charge in [-0.05, 0) is 24.0 Å². The number of aliphatic carboxylic acids is 1. The fourth-order valence-corrected chi connectivity index (χ4v) is 4.17. The molecule has 1 fully saturated rings. The second kappa shape index (κ2) is 4.03. The fourth-order valence-electron chi connectivity index (χ4n) is 2.73. The molecule has 3 rings (SSSR count). The number of fused-ring (bicyclic) bond motifs is 1. The number of hydrogen-bond acceptors (Lipinski definition) is 3. The summed E-state index contributed by atoms with van der Waals surface area (Å²) in [5.41, 5.74) is 2.78. The Kier molecular flexibility index (Phi) is 2.64. The molecule has 4 heteroatoms. The number of rotatable bonds is 1. The molecule has 2 aliphatic rings. The summed E-state index contributed by atoms with van der Waals surface area (Å²) in [6, 6.07) is 8.09. The van der Waals surface area contributed by atoms with Crippen LogP contribution in [0.3, 0.4) is 0 Å². The fraction of sp³-hybridized carbons (Fsp3) is 0.462. The van der Waals surface area contributed by atoms with E-state index in [4.69, 9.17) is 5.11 Å². The quantitative estimate of drug-likeness (QED) is 0.795. The summed E-state index contributed by atoms with van der Waals surface area (Å²) in [5, 5.41) is 12.4. The molecule has 1 aliphatic heterocycles. The van der Waals surface area contributed by atoms with Crippen molar-refractivity contribution >= 4 is 17.7 Å². The number of nitrogens with one attached hydrogen (secondary N) is 1. The van der Waals surface area contributed by atoms with E-state index in [2.05, 4.69) is 29.6 Å². The maximum Gasteiger partial charge on any atom is 0.321 e. The molecule has 2 N–H and O–H groups in total. The lowest BCUT2D eigenvalue weighted by Gasteiger charge is -2.34. The van der Waals surface area contributed by atoms with E-state index in [1.807, 2.05) is 0 Å². The zero-order valence-corrected chi connectivity index (χ0v) is 10.3. The molecule has 90 valence electrons. The van der Waals surface area contributed by atoms with E-state index in [1.165, 1.54) is 11.1 Å². The lowest BCUT2D eigenvalue weighted by atomic mass is 9.87. The minimum absolute atomic E-state index is 0.0442. The molecule has 1 saturated heterocycles. The van der Waals surface area contributed by atoms with Crippen LogP contribution in [-0.4, -0.2) is 27.7 Å². The van der Waals surface area contributed by atoms with Crippen LogP contribution in [0.25, 0.3) is 0 Å². The van der Waals surface area contributed by atoms with Crippen LogP contribution in [0.2, 0.25) is 0 Å². The first kappa shape index (κ1) is 11.1. The highest BCUT2D eigenvalue weighted by molar-refractivity contribution is 8.01. The predicted octanol–water partition coefficient (Wildman–Crippen LogP) is 1.66. The number of carboxylic acids is 1. The second-order valence-electron chi connectivity index (χ2n) is 4.79. The largest absolute Gasteiger partial charge is 0.480 e. The van der Waals surface area contributed by atoms with Crippen LogP contribution < -0.4 is 5.32 Å². The van der Waals surface area contributed by atoms with Gasteiger partial charge in [0.2, 0.25) is 0 Å². The van der Waals surface area contributed by atoms with E-state index in [0.29, 0.717) is 5.75 Å². The molecule has 0 bridgehead atoms. The summed E-state index contributed by atoms with van der Waals surface area (Å²) in [6.45, 7) is 0. The maximum atomic E-state index is 11.0. The Bertz CT molecular complexity index is 462. The monoisotopic (exact) mass is 249 g/mol. The van der Waals surface area contributed by atoms with Crippen LogP contribution in [0, 0.1) is 0 Å². The van der Waals surface area contributed by atoms with Crippen LogP contribution >= 0.6 is 11.8 Å². The van der Waals surface area contributed by atoms with Crippen molar-refractivity contribution in [1.29, 1.82) is 0 Å². The highest BCUT2D eigenvalue weighted by Gasteiger charge is 2.43. The summed E-state index contributed by atoms with van der Waals surface area (Å²) in [6.07, 6.45) is 3.01. The minimum Gasteiger partial charge on any atom is -0.480 e. The molecule has 1 aromatic carbocycles. The number of hydrogen-bond donors (Lipinski definition) is 2. The Balaban J connectivity index is 1.82. The van der Waals surface area contributed by atoms with Gasteiger partial charge in [-0.1, -0.05) is 24.3 Å². The SMILES string of the molecule is O=C(O)[C@@H]1CSC2(CCc3ccccc3C2)N1. The summed E-state index contributed by atoms with van der Waals surface area (Å²) < 4.78 is 0. The van der Waals surface area contributed by atoms with Gasteiger partial charge in [0.1, 0.15) is 6.04 Å². The number of carbonyl (C=O) groups is 1. The van der Waals surface area contributed by atoms with Crippen molar-refractivity contribution in [2.45, 2.75) is 30.2 Å². The van der Waals surface area contributed by atoms with E-state index < -0.39 is 5.97 Å². The van der Waals surface area contributed by atoms with Crippen molar-refractivity contribution in [2.75, 3.05) is 5.75 Å². The molecular formula is C13H15NO2S. The molecule has 1 unspecified atom stereocenters. The summed E-state index contributed by atoms with van der Waals surface area (Å²) >= 11 is 1.77. The van der Waals surface area contributed by atoms with Gasteiger partial charge in [-0.3, -0.25) is 10.1 Å². The zero-order chi connectivity index (χ0) is 11.9. The third kappa shape index (κ3) is 1.96. The number of thioether (sulfide) groups is 1. The topological polar surface area (TPSA) is 49.3 Å². The number of aryl methyl sites for hydroxylation is 1. The van der Waals surface area contributed by atoms with Gasteiger partial charge < -0.3 is 5.11 Å². The first-order valence-corrected chi connectivity index (χ1v) is 6.88. The van der Waals surface area contributed by atoms with Gasteiger partial charge >= 0.3 is 5.97 Å². The Morgan fingerprint density at radius 2 is 2.18 bits per heavy atom. The third-order valence-corrected chi connectivity index (χ3v) is 5.17. The summed E-state index contributed by atoms with van der Waals surface area (Å²) in [7, 11) is 0. The molecule has 0 amide bonds. The average Bonchev–Trinajstić information content (AvgIpc) is 2.73. The van der Waals surface area contributed by atoms with Gasteiger partial charge in [0.15, 0.2) is 0 Å². The first-order valence-electron chi connectivity index (χ1n) is 5.90. The van der Waals surface area contributed by atoms with Crippen molar-refractivity contribution in [3.63, 3.8) is 0 Å². The Morgan fingerprint density at radius 1 is 1.41 bits per heavy atom. The van der Waals surface area contributed by atoms with Crippen molar-refractivity contribution < 1.29 is 9.90 Å². The Labute approximate surface area is 105 Å². The van der Waals surface area contributed by atoms with Gasteiger partial charge in [0.05, 0.1) is 4.87 Å². The molecule has 1 aliphatic carbocycles. The molecule has 0 radical (unpaired) electrons. The first-order chi connectivity index (χ1) is 8.19. The molecule has 3 nitrogen and oxygen atoms in total. The van der Waals surface area contributed by atoms with Crippen molar-refractivity contribution in [3.8, 4) is 0 Å². The van der Waals surface area contributed by atoms with Crippen LogP contribution in [0.5, 0.6) is 0 Å². The molecular weight excluding hydrogens is 234 g/mol. The third-order valence-electron chi connectivity index (χ3n) is 3.65. The van der Waals surface area contributed by atoms with Crippen LogP contribution in [0.1, 0.15) is 17.5 Å². The normalized spacial score (nSPS) is 31.4. The lowest BCUT2D eigenvalue weighted by Crippen LogP contribution is -2.48. The zero-order valence-electron chi connectivity index (χ0n) is 9.48. The summed E-state index contributed by atoms with van der Waals surface area (Å²) in [5.74, 6) is -0.0504. The van der Waals surface area contributed by atoms with Gasteiger partial charge in [-0.2, -0.15) is 0 Å². The lowest BCUT2D eigenvalue weighted by molar-refractivity contribution is -0.138. The minimum atomic E-state index is -0.728. The van der Waals surface area contributed by atoms with Gasteiger partial charge in [0, 0.05) is 12.2 Å². The van der Waals surface area contributed by atoms with E-state index in [0.717, 1.165) is 19.3 Å². The summed E-state index contributed by atoms with van der Waals surface area (Å²) in [4.78, 5) is 11.0. The Hall–Kier alpha value is -1.00. The molecule has 1 spiro atoms.